The lowest BCUT2D eigenvalue weighted by Gasteiger charge is -2.51. The predicted molar refractivity (Wildman–Crippen MR) is 123 cm³/mol. The molecule has 2 aromatic heterocycles. The van der Waals surface area contributed by atoms with E-state index in [4.69, 9.17) is 14.5 Å². The van der Waals surface area contributed by atoms with E-state index in [1.807, 2.05) is 13.8 Å². The summed E-state index contributed by atoms with van der Waals surface area (Å²) in [7, 11) is 0. The Hall–Kier alpha value is -2.07. The van der Waals surface area contributed by atoms with Crippen molar-refractivity contribution in [3.8, 4) is 0 Å². The van der Waals surface area contributed by atoms with Crippen LogP contribution in [0.4, 0.5) is 13.2 Å². The van der Waals surface area contributed by atoms with Gasteiger partial charge in [-0.25, -0.2) is 0 Å². The molecule has 9 heteroatoms. The van der Waals surface area contributed by atoms with Crippen molar-refractivity contribution < 1.29 is 32.9 Å². The monoisotopic (exact) mass is 504 g/mol. The van der Waals surface area contributed by atoms with Crippen molar-refractivity contribution in [3.63, 3.8) is 0 Å². The summed E-state index contributed by atoms with van der Waals surface area (Å²) in [4.78, 5) is 8.67. The molecule has 0 amide bonds. The zero-order valence-corrected chi connectivity index (χ0v) is 20.4. The summed E-state index contributed by atoms with van der Waals surface area (Å²) in [5, 5.41) is 23.0. The first-order valence-electron chi connectivity index (χ1n) is 12.8. The van der Waals surface area contributed by atoms with Crippen LogP contribution in [0.15, 0.2) is 18.3 Å². The first-order chi connectivity index (χ1) is 17.1. The summed E-state index contributed by atoms with van der Waals surface area (Å²) >= 11 is 0. The van der Waals surface area contributed by atoms with Crippen LogP contribution in [0.3, 0.4) is 0 Å². The second-order valence-corrected chi connectivity index (χ2v) is 11.2. The van der Waals surface area contributed by atoms with Crippen LogP contribution >= 0.6 is 0 Å². The first-order valence-corrected chi connectivity index (χ1v) is 12.8. The summed E-state index contributed by atoms with van der Waals surface area (Å²) in [6.45, 7) is 4.95. The van der Waals surface area contributed by atoms with Crippen molar-refractivity contribution in [2.45, 2.75) is 88.4 Å². The van der Waals surface area contributed by atoms with Crippen LogP contribution < -0.4 is 0 Å². The molecule has 194 valence electrons. The second-order valence-electron chi connectivity index (χ2n) is 11.2. The summed E-state index contributed by atoms with van der Waals surface area (Å²) < 4.78 is 52.0. The Bertz CT molecular complexity index is 1170. The first kappa shape index (κ1) is 24.3. The third kappa shape index (κ3) is 3.46. The van der Waals surface area contributed by atoms with E-state index in [1.165, 1.54) is 12.3 Å². The van der Waals surface area contributed by atoms with Crippen molar-refractivity contribution in [2.24, 2.45) is 5.41 Å². The third-order valence-corrected chi connectivity index (χ3v) is 8.74. The Labute approximate surface area is 207 Å². The highest BCUT2D eigenvalue weighted by Crippen LogP contribution is 2.63. The van der Waals surface area contributed by atoms with Crippen LogP contribution in [0.5, 0.6) is 0 Å². The molecule has 0 radical (unpaired) electrons. The number of aliphatic hydroxyl groups is 2. The molecule has 0 aromatic carbocycles. The summed E-state index contributed by atoms with van der Waals surface area (Å²) in [5.41, 5.74) is 2.01. The largest absolute Gasteiger partial charge is 0.433 e. The maximum Gasteiger partial charge on any atom is 0.433 e. The Morgan fingerprint density at radius 3 is 2.33 bits per heavy atom. The Morgan fingerprint density at radius 2 is 1.78 bits per heavy atom. The number of pyridine rings is 2. The minimum atomic E-state index is -4.53. The molecule has 0 bridgehead atoms. The standard InChI is InChI=1S/C27H31F3N2O4/c1-14(2)21-19-20(18-16(33)12-25(6-3-7-25)24(34)22(18)32-21)26(8-10-35-11-9-26)36-23(19)15-4-5-17(31-13-15)27(28,29)30/h4-5,13-14,16,23-24,33-34H,3,6-12H2,1-2H3/t16?,23-,24+/m1/s1. The number of aromatic nitrogens is 2. The topological polar surface area (TPSA) is 84.7 Å². The fourth-order valence-corrected chi connectivity index (χ4v) is 6.77. The van der Waals surface area contributed by atoms with Gasteiger partial charge in [-0.1, -0.05) is 26.3 Å². The zero-order chi connectivity index (χ0) is 25.5. The van der Waals surface area contributed by atoms with Gasteiger partial charge >= 0.3 is 6.18 Å². The van der Waals surface area contributed by atoms with E-state index in [-0.39, 0.29) is 11.3 Å². The third-order valence-electron chi connectivity index (χ3n) is 8.74. The molecule has 2 aromatic rings. The molecular weight excluding hydrogens is 473 g/mol. The molecule has 2 aliphatic heterocycles. The van der Waals surface area contributed by atoms with Crippen molar-refractivity contribution in [2.75, 3.05) is 13.2 Å². The van der Waals surface area contributed by atoms with Gasteiger partial charge in [0.05, 0.1) is 17.4 Å². The number of rotatable bonds is 2. The number of hydrogen-bond acceptors (Lipinski definition) is 6. The van der Waals surface area contributed by atoms with Crippen molar-refractivity contribution in [1.29, 1.82) is 0 Å². The molecule has 1 unspecified atom stereocenters. The Morgan fingerprint density at radius 1 is 1.06 bits per heavy atom. The Kier molecular flexibility index (Phi) is 5.54. The van der Waals surface area contributed by atoms with E-state index >= 15 is 0 Å². The van der Waals surface area contributed by atoms with E-state index in [0.29, 0.717) is 49.3 Å². The summed E-state index contributed by atoms with van der Waals surface area (Å²) in [5.74, 6) is -0.0313. The molecule has 2 N–H and O–H groups in total. The van der Waals surface area contributed by atoms with Crippen LogP contribution in [0.25, 0.3) is 0 Å². The molecule has 2 fully saturated rings. The lowest BCUT2D eigenvalue weighted by atomic mass is 9.57. The molecule has 6 nitrogen and oxygen atoms in total. The van der Waals surface area contributed by atoms with Crippen LogP contribution in [0.1, 0.15) is 116 Å². The van der Waals surface area contributed by atoms with E-state index in [0.717, 1.165) is 42.1 Å². The van der Waals surface area contributed by atoms with Gasteiger partial charge in [0.1, 0.15) is 17.9 Å². The number of halogens is 3. The molecule has 1 saturated heterocycles. The molecule has 36 heavy (non-hydrogen) atoms. The lowest BCUT2D eigenvalue weighted by molar-refractivity contribution is -0.141. The van der Waals surface area contributed by atoms with Crippen molar-refractivity contribution in [3.05, 3.63) is 57.7 Å². The number of aliphatic hydroxyl groups excluding tert-OH is 2. The number of alkyl halides is 3. The second kappa shape index (κ2) is 8.21. The van der Waals surface area contributed by atoms with E-state index in [2.05, 4.69) is 4.98 Å². The van der Waals surface area contributed by atoms with Crippen LogP contribution in [0.2, 0.25) is 0 Å². The minimum absolute atomic E-state index is 0.0313. The maximum absolute atomic E-state index is 13.2. The molecule has 3 atom stereocenters. The van der Waals surface area contributed by atoms with Gasteiger partial charge < -0.3 is 19.7 Å². The van der Waals surface area contributed by atoms with Crippen LogP contribution in [0, 0.1) is 5.41 Å². The summed E-state index contributed by atoms with van der Waals surface area (Å²) in [6, 6.07) is 2.40. The van der Waals surface area contributed by atoms with E-state index < -0.39 is 35.8 Å². The predicted octanol–water partition coefficient (Wildman–Crippen LogP) is 5.38. The molecule has 1 saturated carbocycles. The van der Waals surface area contributed by atoms with E-state index in [9.17, 15) is 23.4 Å². The van der Waals surface area contributed by atoms with Gasteiger partial charge in [-0.05, 0) is 36.8 Å². The SMILES string of the molecule is CC(C)c1nc2c(c3c1[C@@H](c1ccc(C(F)(F)F)nc1)OC31CCOCC1)C(O)CC1(CCC1)[C@H]2O. The van der Waals surface area contributed by atoms with Crippen LogP contribution in [-0.4, -0.2) is 33.4 Å². The van der Waals surface area contributed by atoms with Gasteiger partial charge in [0.2, 0.25) is 0 Å². The van der Waals surface area contributed by atoms with Gasteiger partial charge in [-0.2, -0.15) is 13.2 Å². The molecular formula is C27H31F3N2O4. The van der Waals surface area contributed by atoms with E-state index in [1.54, 1.807) is 0 Å². The van der Waals surface area contributed by atoms with Gasteiger partial charge in [0.25, 0.3) is 0 Å². The van der Waals surface area contributed by atoms with Gasteiger partial charge in [0.15, 0.2) is 0 Å². The highest BCUT2D eigenvalue weighted by molar-refractivity contribution is 5.55. The number of ether oxygens (including phenoxy) is 2. The van der Waals surface area contributed by atoms with Gasteiger partial charge in [-0.3, -0.25) is 9.97 Å². The number of fused-ring (bicyclic) bond motifs is 4. The average molecular weight is 505 g/mol. The fraction of sp³-hybridized carbons (Fsp3) is 0.630. The highest BCUT2D eigenvalue weighted by Gasteiger charge is 2.56. The van der Waals surface area contributed by atoms with Crippen molar-refractivity contribution in [1.82, 2.24) is 9.97 Å². The normalized spacial score (nSPS) is 28.3. The quantitative estimate of drug-likeness (QED) is 0.571. The lowest BCUT2D eigenvalue weighted by Crippen LogP contribution is -2.43. The maximum atomic E-state index is 13.2. The zero-order valence-electron chi connectivity index (χ0n) is 20.4. The van der Waals surface area contributed by atoms with Gasteiger partial charge in [0, 0.05) is 60.1 Å². The van der Waals surface area contributed by atoms with Crippen molar-refractivity contribution >= 4 is 0 Å². The number of nitrogens with zero attached hydrogens (tertiary/aromatic N) is 2. The van der Waals surface area contributed by atoms with Gasteiger partial charge in [-0.15, -0.1) is 0 Å². The molecule has 4 heterocycles. The molecule has 6 rings (SSSR count). The summed E-state index contributed by atoms with van der Waals surface area (Å²) in [6.07, 6.45) is -1.24. The average Bonchev–Trinajstić information content (AvgIpc) is 3.13. The molecule has 2 spiro atoms. The molecule has 2 aliphatic carbocycles. The fourth-order valence-electron chi connectivity index (χ4n) is 6.77. The number of hydrogen-bond donors (Lipinski definition) is 2. The highest BCUT2D eigenvalue weighted by atomic mass is 19.4. The smallest absolute Gasteiger partial charge is 0.388 e. The van der Waals surface area contributed by atoms with Crippen LogP contribution in [-0.2, 0) is 21.3 Å². The Balaban J connectivity index is 1.57. The molecule has 4 aliphatic rings. The minimum Gasteiger partial charge on any atom is -0.388 e.